The highest BCUT2D eigenvalue weighted by atomic mass is 16.4. The number of pyridine rings is 1. The number of carboxylic acids is 1. The second kappa shape index (κ2) is 4.09. The predicted molar refractivity (Wildman–Crippen MR) is 69.1 cm³/mol. The molecule has 6 heteroatoms. The van der Waals surface area contributed by atoms with E-state index >= 15 is 0 Å². The molecule has 0 aliphatic carbocycles. The van der Waals surface area contributed by atoms with E-state index in [9.17, 15) is 14.7 Å². The molecule has 0 atom stereocenters. The lowest BCUT2D eigenvalue weighted by Gasteiger charge is -2.06. The van der Waals surface area contributed by atoms with Gasteiger partial charge >= 0.3 is 5.97 Å². The van der Waals surface area contributed by atoms with Crippen LogP contribution in [-0.4, -0.2) is 26.0 Å². The maximum atomic E-state index is 11.3. The minimum Gasteiger partial charge on any atom is -0.478 e. The van der Waals surface area contributed by atoms with E-state index in [0.717, 1.165) is 5.39 Å². The largest absolute Gasteiger partial charge is 0.478 e. The molecule has 19 heavy (non-hydrogen) atoms. The van der Waals surface area contributed by atoms with Crippen molar-refractivity contribution in [3.05, 3.63) is 52.6 Å². The number of carboxylic acid groups (broad SMARTS) is 1. The fraction of sp³-hybridized carbons (Fsp3) is 0. The minimum absolute atomic E-state index is 0.0873. The Bertz CT molecular complexity index is 819. The molecule has 2 heterocycles. The molecule has 0 aliphatic heterocycles. The Balaban J connectivity index is 2.37. The lowest BCUT2D eigenvalue weighted by atomic mass is 10.0. The Hall–Kier alpha value is -2.89. The van der Waals surface area contributed by atoms with Crippen LogP contribution in [0.5, 0.6) is 0 Å². The normalized spacial score (nSPS) is 10.7. The summed E-state index contributed by atoms with van der Waals surface area (Å²) in [5, 5.41) is 10.0. The van der Waals surface area contributed by atoms with Crippen LogP contribution in [0.1, 0.15) is 10.4 Å². The first-order valence-corrected chi connectivity index (χ1v) is 5.55. The number of fused-ring (bicyclic) bond motifs is 1. The summed E-state index contributed by atoms with van der Waals surface area (Å²) in [4.78, 5) is 32.1. The molecule has 0 unspecified atom stereocenters. The van der Waals surface area contributed by atoms with Crippen molar-refractivity contribution in [3.63, 3.8) is 0 Å². The number of aromatic nitrogens is 3. The Labute approximate surface area is 106 Å². The fourth-order valence-electron chi connectivity index (χ4n) is 1.99. The van der Waals surface area contributed by atoms with E-state index in [2.05, 4.69) is 15.0 Å². The van der Waals surface area contributed by atoms with Crippen molar-refractivity contribution >= 4 is 16.9 Å². The molecule has 94 valence electrons. The standard InChI is InChI=1S/C13H9N3O3/c17-11-2-1-7-5-8(12-14-3-4-15-12)9(13(18)19)6-10(7)16-11/h1-6H,(H,14,15)(H,16,17)(H,18,19). The van der Waals surface area contributed by atoms with Crippen molar-refractivity contribution in [1.82, 2.24) is 15.0 Å². The molecule has 0 radical (unpaired) electrons. The summed E-state index contributed by atoms with van der Waals surface area (Å²) in [6.07, 6.45) is 3.18. The summed E-state index contributed by atoms with van der Waals surface area (Å²) in [6.45, 7) is 0. The first-order valence-electron chi connectivity index (χ1n) is 5.55. The van der Waals surface area contributed by atoms with E-state index in [0.29, 0.717) is 16.9 Å². The van der Waals surface area contributed by atoms with Crippen molar-refractivity contribution in [2.24, 2.45) is 0 Å². The van der Waals surface area contributed by atoms with Gasteiger partial charge in [0.05, 0.1) is 5.56 Å². The topological polar surface area (TPSA) is 98.8 Å². The van der Waals surface area contributed by atoms with Crippen molar-refractivity contribution in [2.45, 2.75) is 0 Å². The van der Waals surface area contributed by atoms with Gasteiger partial charge in [-0.2, -0.15) is 0 Å². The molecular formula is C13H9N3O3. The van der Waals surface area contributed by atoms with Gasteiger partial charge in [0.2, 0.25) is 5.56 Å². The predicted octanol–water partition coefficient (Wildman–Crippen LogP) is 1.62. The van der Waals surface area contributed by atoms with E-state index < -0.39 is 5.97 Å². The van der Waals surface area contributed by atoms with Crippen LogP contribution in [0.2, 0.25) is 0 Å². The van der Waals surface area contributed by atoms with Gasteiger partial charge in [-0.1, -0.05) is 0 Å². The number of hydrogen-bond acceptors (Lipinski definition) is 3. The number of H-pyrrole nitrogens is 2. The van der Waals surface area contributed by atoms with E-state index in [1.165, 1.54) is 12.1 Å². The molecule has 0 aliphatic rings. The van der Waals surface area contributed by atoms with Crippen LogP contribution in [0.25, 0.3) is 22.3 Å². The first-order chi connectivity index (χ1) is 9.15. The molecule has 3 aromatic rings. The summed E-state index contributed by atoms with van der Waals surface area (Å²) in [5.74, 6) is -0.594. The third-order valence-electron chi connectivity index (χ3n) is 2.85. The zero-order chi connectivity index (χ0) is 13.4. The molecule has 0 saturated heterocycles. The number of aromatic amines is 2. The highest BCUT2D eigenvalue weighted by molar-refractivity contribution is 6.00. The van der Waals surface area contributed by atoms with E-state index in [1.807, 2.05) is 0 Å². The molecule has 0 fully saturated rings. The van der Waals surface area contributed by atoms with Gasteiger partial charge in [-0.25, -0.2) is 9.78 Å². The third kappa shape index (κ3) is 1.89. The zero-order valence-electron chi connectivity index (χ0n) is 9.68. The number of carbonyl (C=O) groups is 1. The van der Waals surface area contributed by atoms with Crippen molar-refractivity contribution in [1.29, 1.82) is 0 Å². The molecule has 3 rings (SSSR count). The highest BCUT2D eigenvalue weighted by Crippen LogP contribution is 2.25. The molecule has 0 saturated carbocycles. The number of imidazole rings is 1. The maximum Gasteiger partial charge on any atom is 0.336 e. The van der Waals surface area contributed by atoms with Gasteiger partial charge in [-0.15, -0.1) is 0 Å². The SMILES string of the molecule is O=C(O)c1cc2[nH]c(=O)ccc2cc1-c1ncc[nH]1. The monoisotopic (exact) mass is 255 g/mol. The summed E-state index contributed by atoms with van der Waals surface area (Å²) >= 11 is 0. The van der Waals surface area contributed by atoms with Gasteiger partial charge < -0.3 is 15.1 Å². The number of nitrogens with one attached hydrogen (secondary N) is 2. The molecule has 6 nitrogen and oxygen atoms in total. The van der Waals surface area contributed by atoms with Crippen LogP contribution >= 0.6 is 0 Å². The van der Waals surface area contributed by atoms with Crippen LogP contribution in [0.15, 0.2) is 41.5 Å². The second-order valence-corrected chi connectivity index (χ2v) is 4.05. The molecule has 2 aromatic heterocycles. The van der Waals surface area contributed by atoms with Gasteiger partial charge in [0.15, 0.2) is 0 Å². The average Bonchev–Trinajstić information content (AvgIpc) is 2.90. The fourth-order valence-corrected chi connectivity index (χ4v) is 1.99. The quantitative estimate of drug-likeness (QED) is 0.647. The van der Waals surface area contributed by atoms with Crippen molar-refractivity contribution in [3.8, 4) is 11.4 Å². The smallest absolute Gasteiger partial charge is 0.336 e. The number of nitrogens with zero attached hydrogens (tertiary/aromatic N) is 1. The van der Waals surface area contributed by atoms with Crippen molar-refractivity contribution < 1.29 is 9.90 Å². The van der Waals surface area contributed by atoms with Crippen LogP contribution in [0.4, 0.5) is 0 Å². The number of benzene rings is 1. The van der Waals surface area contributed by atoms with E-state index in [-0.39, 0.29) is 11.1 Å². The Morgan fingerprint density at radius 1 is 1.26 bits per heavy atom. The Kier molecular flexibility index (Phi) is 2.42. The average molecular weight is 255 g/mol. The summed E-state index contributed by atoms with van der Waals surface area (Å²) < 4.78 is 0. The van der Waals surface area contributed by atoms with Gasteiger partial charge in [-0.05, 0) is 23.6 Å². The van der Waals surface area contributed by atoms with Gasteiger partial charge in [0, 0.05) is 29.5 Å². The molecule has 3 N–H and O–H groups in total. The molecule has 0 spiro atoms. The first kappa shape index (κ1) is 11.2. The third-order valence-corrected chi connectivity index (χ3v) is 2.85. The van der Waals surface area contributed by atoms with Gasteiger partial charge in [0.25, 0.3) is 0 Å². The molecular weight excluding hydrogens is 246 g/mol. The summed E-state index contributed by atoms with van der Waals surface area (Å²) in [7, 11) is 0. The second-order valence-electron chi connectivity index (χ2n) is 4.05. The molecule has 1 aromatic carbocycles. The van der Waals surface area contributed by atoms with Crippen molar-refractivity contribution in [2.75, 3.05) is 0 Å². The Morgan fingerprint density at radius 2 is 2.11 bits per heavy atom. The Morgan fingerprint density at radius 3 is 2.79 bits per heavy atom. The summed E-state index contributed by atoms with van der Waals surface area (Å²) in [6, 6.07) is 6.17. The van der Waals surface area contributed by atoms with Crippen LogP contribution in [-0.2, 0) is 0 Å². The highest BCUT2D eigenvalue weighted by Gasteiger charge is 2.15. The zero-order valence-corrected chi connectivity index (χ0v) is 9.68. The van der Waals surface area contributed by atoms with Crippen LogP contribution in [0, 0.1) is 0 Å². The van der Waals surface area contributed by atoms with Gasteiger partial charge in [0.1, 0.15) is 5.82 Å². The van der Waals surface area contributed by atoms with Crippen LogP contribution < -0.4 is 5.56 Å². The lowest BCUT2D eigenvalue weighted by Crippen LogP contribution is -2.05. The number of hydrogen-bond donors (Lipinski definition) is 3. The van der Waals surface area contributed by atoms with Crippen LogP contribution in [0.3, 0.4) is 0 Å². The minimum atomic E-state index is -1.07. The summed E-state index contributed by atoms with van der Waals surface area (Å²) in [5.41, 5.74) is 0.788. The van der Waals surface area contributed by atoms with Gasteiger partial charge in [-0.3, -0.25) is 4.79 Å². The maximum absolute atomic E-state index is 11.3. The molecule has 0 amide bonds. The molecule has 0 bridgehead atoms. The lowest BCUT2D eigenvalue weighted by molar-refractivity contribution is 0.0698. The van der Waals surface area contributed by atoms with E-state index in [1.54, 1.807) is 24.5 Å². The number of aromatic carboxylic acids is 1. The van der Waals surface area contributed by atoms with E-state index in [4.69, 9.17) is 0 Å². The number of rotatable bonds is 2.